The fraction of sp³-hybridized carbons (Fsp3) is 0.407. The number of hydrogen-bond acceptors (Lipinski definition) is 4. The molecular formula is C27H33N5O. The zero-order chi connectivity index (χ0) is 22.8. The summed E-state index contributed by atoms with van der Waals surface area (Å²) in [5, 5.41) is 7.98. The molecule has 6 nitrogen and oxygen atoms in total. The Balaban J connectivity index is 1.40. The number of amides is 1. The molecule has 33 heavy (non-hydrogen) atoms. The van der Waals surface area contributed by atoms with Gasteiger partial charge in [0.1, 0.15) is 0 Å². The summed E-state index contributed by atoms with van der Waals surface area (Å²) in [6, 6.07) is 16.5. The molecule has 5 rings (SSSR count). The molecule has 2 aromatic carbocycles. The van der Waals surface area contributed by atoms with Gasteiger partial charge in [-0.3, -0.25) is 4.79 Å². The smallest absolute Gasteiger partial charge is 0.276 e. The molecule has 0 unspecified atom stereocenters. The van der Waals surface area contributed by atoms with Gasteiger partial charge in [-0.05, 0) is 75.5 Å². The summed E-state index contributed by atoms with van der Waals surface area (Å²) < 4.78 is 1.99. The van der Waals surface area contributed by atoms with E-state index in [1.807, 2.05) is 28.9 Å². The Kier molecular flexibility index (Phi) is 6.18. The van der Waals surface area contributed by atoms with Gasteiger partial charge < -0.3 is 15.1 Å². The van der Waals surface area contributed by atoms with E-state index in [2.05, 4.69) is 53.4 Å². The van der Waals surface area contributed by atoms with Crippen molar-refractivity contribution in [1.29, 1.82) is 0 Å². The number of nitrogens with one attached hydrogen (secondary N) is 1. The number of carbonyl (C=O) groups is 1. The number of piperazine rings is 1. The molecule has 1 saturated heterocycles. The monoisotopic (exact) mass is 443 g/mol. The Morgan fingerprint density at radius 3 is 2.42 bits per heavy atom. The second-order valence-corrected chi connectivity index (χ2v) is 9.33. The first kappa shape index (κ1) is 21.7. The van der Waals surface area contributed by atoms with E-state index in [9.17, 15) is 4.79 Å². The first-order valence-corrected chi connectivity index (χ1v) is 12.1. The molecule has 1 N–H and O–H groups in total. The first-order chi connectivity index (χ1) is 16.1. The molecule has 2 heterocycles. The van der Waals surface area contributed by atoms with Crippen LogP contribution in [0.5, 0.6) is 0 Å². The molecule has 0 saturated carbocycles. The van der Waals surface area contributed by atoms with Gasteiger partial charge in [0.15, 0.2) is 5.69 Å². The molecule has 1 amide bonds. The van der Waals surface area contributed by atoms with E-state index in [1.54, 1.807) is 0 Å². The summed E-state index contributed by atoms with van der Waals surface area (Å²) in [6.07, 6.45) is 5.30. The Morgan fingerprint density at radius 2 is 1.67 bits per heavy atom. The number of aryl methyl sites for hydroxylation is 1. The molecule has 1 fully saturated rings. The topological polar surface area (TPSA) is 53.4 Å². The summed E-state index contributed by atoms with van der Waals surface area (Å²) in [4.78, 5) is 18.2. The van der Waals surface area contributed by atoms with E-state index in [1.165, 1.54) is 17.8 Å². The number of hydrogen-bond donors (Lipinski definition) is 1. The number of benzene rings is 2. The van der Waals surface area contributed by atoms with Crippen LogP contribution in [0.3, 0.4) is 0 Å². The molecule has 1 aliphatic carbocycles. The summed E-state index contributed by atoms with van der Waals surface area (Å²) >= 11 is 0. The van der Waals surface area contributed by atoms with Crippen molar-refractivity contribution in [2.45, 2.75) is 39.0 Å². The van der Waals surface area contributed by atoms with Gasteiger partial charge in [0.05, 0.1) is 5.69 Å². The first-order valence-electron chi connectivity index (χ1n) is 12.1. The van der Waals surface area contributed by atoms with E-state index >= 15 is 0 Å². The number of rotatable bonds is 4. The molecule has 1 aliphatic heterocycles. The van der Waals surface area contributed by atoms with Gasteiger partial charge in [0.2, 0.25) is 0 Å². The number of para-hydroxylation sites is 1. The molecule has 0 radical (unpaired) electrons. The highest BCUT2D eigenvalue weighted by atomic mass is 16.2. The largest absolute Gasteiger partial charge is 0.369 e. The lowest BCUT2D eigenvalue weighted by Crippen LogP contribution is -2.44. The number of nitrogens with zero attached hydrogens (tertiary/aromatic N) is 4. The van der Waals surface area contributed by atoms with Crippen molar-refractivity contribution in [3.05, 3.63) is 71.0 Å². The quantitative estimate of drug-likeness (QED) is 0.605. The van der Waals surface area contributed by atoms with Crippen LogP contribution in [0.1, 0.15) is 46.6 Å². The standard InChI is InChI=1S/C27H33N5O/c1-20-19-22(31-17-15-30(2)16-18-31)13-14-24(20)28-27(33)26-23-11-7-4-8-12-25(23)32(29-26)21-9-5-3-6-10-21/h3,5-6,9-10,13-14,19H,4,7-8,11-12,15-18H2,1-2H3,(H,28,33). The lowest BCUT2D eigenvalue weighted by atomic mass is 10.1. The maximum absolute atomic E-state index is 13.4. The number of fused-ring (bicyclic) bond motifs is 1. The van der Waals surface area contributed by atoms with E-state index in [0.29, 0.717) is 5.69 Å². The molecule has 6 heteroatoms. The predicted octanol–water partition coefficient (Wildman–Crippen LogP) is 4.45. The fourth-order valence-electron chi connectivity index (χ4n) is 4.97. The maximum atomic E-state index is 13.4. The predicted molar refractivity (Wildman–Crippen MR) is 134 cm³/mol. The van der Waals surface area contributed by atoms with Gasteiger partial charge in [0.25, 0.3) is 5.91 Å². The lowest BCUT2D eigenvalue weighted by Gasteiger charge is -2.34. The Hall–Kier alpha value is -3.12. The van der Waals surface area contributed by atoms with Crippen molar-refractivity contribution in [3.8, 4) is 5.69 Å². The van der Waals surface area contributed by atoms with Gasteiger partial charge in [-0.25, -0.2) is 4.68 Å². The Morgan fingerprint density at radius 1 is 0.909 bits per heavy atom. The van der Waals surface area contributed by atoms with Crippen LogP contribution < -0.4 is 10.2 Å². The molecule has 0 spiro atoms. The highest BCUT2D eigenvalue weighted by Crippen LogP contribution is 2.28. The van der Waals surface area contributed by atoms with Crippen LogP contribution in [0, 0.1) is 6.92 Å². The maximum Gasteiger partial charge on any atom is 0.276 e. The summed E-state index contributed by atoms with van der Waals surface area (Å²) in [5.41, 5.74) is 7.04. The summed E-state index contributed by atoms with van der Waals surface area (Å²) in [5.74, 6) is -0.113. The van der Waals surface area contributed by atoms with Gasteiger partial charge in [0, 0.05) is 48.8 Å². The molecule has 0 atom stereocenters. The second kappa shape index (κ2) is 9.40. The zero-order valence-corrected chi connectivity index (χ0v) is 19.7. The van der Waals surface area contributed by atoms with Gasteiger partial charge in [-0.1, -0.05) is 24.6 Å². The van der Waals surface area contributed by atoms with E-state index in [4.69, 9.17) is 5.10 Å². The van der Waals surface area contributed by atoms with E-state index < -0.39 is 0 Å². The number of anilines is 2. The van der Waals surface area contributed by atoms with Crippen molar-refractivity contribution < 1.29 is 4.79 Å². The molecule has 0 bridgehead atoms. The van der Waals surface area contributed by atoms with Crippen LogP contribution in [0.25, 0.3) is 5.69 Å². The second-order valence-electron chi connectivity index (χ2n) is 9.33. The summed E-state index contributed by atoms with van der Waals surface area (Å²) in [6.45, 7) is 6.28. The highest BCUT2D eigenvalue weighted by Gasteiger charge is 2.25. The molecule has 1 aromatic heterocycles. The van der Waals surface area contributed by atoms with Crippen LogP contribution >= 0.6 is 0 Å². The SMILES string of the molecule is Cc1cc(N2CCN(C)CC2)ccc1NC(=O)c1nn(-c2ccccc2)c2c1CCCCC2. The third-order valence-corrected chi connectivity index (χ3v) is 6.97. The zero-order valence-electron chi connectivity index (χ0n) is 19.7. The minimum Gasteiger partial charge on any atom is -0.369 e. The number of carbonyl (C=O) groups excluding carboxylic acids is 1. The normalized spacial score (nSPS) is 16.8. The van der Waals surface area contributed by atoms with Crippen LogP contribution in [-0.4, -0.2) is 53.8 Å². The van der Waals surface area contributed by atoms with Crippen molar-refractivity contribution in [3.63, 3.8) is 0 Å². The van der Waals surface area contributed by atoms with Gasteiger partial charge in [-0.15, -0.1) is 0 Å². The van der Waals surface area contributed by atoms with Crippen molar-refractivity contribution in [2.75, 3.05) is 43.4 Å². The van der Waals surface area contributed by atoms with Crippen LogP contribution in [-0.2, 0) is 12.8 Å². The van der Waals surface area contributed by atoms with Crippen molar-refractivity contribution in [1.82, 2.24) is 14.7 Å². The third kappa shape index (κ3) is 4.53. The Labute approximate surface area is 196 Å². The van der Waals surface area contributed by atoms with Gasteiger partial charge >= 0.3 is 0 Å². The molecule has 2 aliphatic rings. The van der Waals surface area contributed by atoms with Crippen molar-refractivity contribution >= 4 is 17.3 Å². The molecule has 172 valence electrons. The third-order valence-electron chi connectivity index (χ3n) is 6.97. The molecule has 3 aromatic rings. The minimum atomic E-state index is -0.113. The number of aromatic nitrogens is 2. The van der Waals surface area contributed by atoms with Crippen LogP contribution in [0.4, 0.5) is 11.4 Å². The number of likely N-dealkylation sites (N-methyl/N-ethyl adjacent to an activating group) is 1. The van der Waals surface area contributed by atoms with E-state index in [-0.39, 0.29) is 5.91 Å². The lowest BCUT2D eigenvalue weighted by molar-refractivity contribution is 0.102. The fourth-order valence-corrected chi connectivity index (χ4v) is 4.97. The van der Waals surface area contributed by atoms with Crippen LogP contribution in [0.2, 0.25) is 0 Å². The van der Waals surface area contributed by atoms with Crippen molar-refractivity contribution in [2.24, 2.45) is 0 Å². The van der Waals surface area contributed by atoms with Gasteiger partial charge in [-0.2, -0.15) is 5.10 Å². The Bertz CT molecular complexity index is 1130. The molecular weight excluding hydrogens is 410 g/mol. The van der Waals surface area contributed by atoms with E-state index in [0.717, 1.165) is 74.4 Å². The highest BCUT2D eigenvalue weighted by molar-refractivity contribution is 6.04. The minimum absolute atomic E-state index is 0.113. The average molecular weight is 444 g/mol. The average Bonchev–Trinajstić information content (AvgIpc) is 3.02. The van der Waals surface area contributed by atoms with Crippen LogP contribution in [0.15, 0.2) is 48.5 Å². The summed E-state index contributed by atoms with van der Waals surface area (Å²) in [7, 11) is 2.17.